The predicted molar refractivity (Wildman–Crippen MR) is 70.2 cm³/mol. The Morgan fingerprint density at radius 3 is 2.89 bits per heavy atom. The second-order valence-corrected chi connectivity index (χ2v) is 4.46. The van der Waals surface area contributed by atoms with Crippen molar-refractivity contribution in [2.24, 2.45) is 0 Å². The molecule has 1 aliphatic rings. The van der Waals surface area contributed by atoms with E-state index >= 15 is 0 Å². The van der Waals surface area contributed by atoms with E-state index in [1.165, 1.54) is 0 Å². The largest absolute Gasteiger partial charge is 0.378 e. The molecular weight excluding hydrogens is 228 g/mol. The first-order valence-electron chi connectivity index (χ1n) is 6.47. The van der Waals surface area contributed by atoms with Gasteiger partial charge in [-0.05, 0) is 12.0 Å². The molecule has 0 radical (unpaired) electrons. The molecule has 1 aliphatic heterocycles. The molecule has 2 unspecified atom stereocenters. The van der Waals surface area contributed by atoms with Crippen LogP contribution in [0.4, 0.5) is 0 Å². The summed E-state index contributed by atoms with van der Waals surface area (Å²) in [4.78, 5) is 12.1. The van der Waals surface area contributed by atoms with Crippen molar-refractivity contribution in [3.63, 3.8) is 0 Å². The Kier molecular flexibility index (Phi) is 4.73. The van der Waals surface area contributed by atoms with Gasteiger partial charge < -0.3 is 15.4 Å². The van der Waals surface area contributed by atoms with Gasteiger partial charge in [-0.15, -0.1) is 0 Å². The summed E-state index contributed by atoms with van der Waals surface area (Å²) in [6.07, 6.45) is 0.878. The predicted octanol–water partition coefficient (Wildman–Crippen LogP) is 1.24. The molecule has 1 amide bonds. The Bertz CT molecular complexity index is 375. The van der Waals surface area contributed by atoms with Gasteiger partial charge in [0.15, 0.2) is 0 Å². The highest BCUT2D eigenvalue weighted by Crippen LogP contribution is 2.16. The lowest BCUT2D eigenvalue weighted by molar-refractivity contribution is -0.126. The minimum Gasteiger partial charge on any atom is -0.378 e. The standard InChI is InChI=1S/C14H20N2O2/c1-2-12(11-6-4-3-5-7-11)16-14(17)13-10-18-9-8-15-13/h3-7,12-13,15H,2,8-10H2,1H3,(H,16,17). The maximum absolute atomic E-state index is 12.1. The van der Waals surface area contributed by atoms with E-state index in [1.54, 1.807) is 0 Å². The minimum atomic E-state index is -0.225. The highest BCUT2D eigenvalue weighted by atomic mass is 16.5. The van der Waals surface area contributed by atoms with E-state index in [2.05, 4.69) is 17.6 Å². The Morgan fingerprint density at radius 1 is 1.50 bits per heavy atom. The molecule has 0 aromatic heterocycles. The van der Waals surface area contributed by atoms with Crippen molar-refractivity contribution in [3.05, 3.63) is 35.9 Å². The average molecular weight is 248 g/mol. The third-order valence-corrected chi connectivity index (χ3v) is 3.16. The summed E-state index contributed by atoms with van der Waals surface area (Å²) in [6, 6.07) is 9.89. The van der Waals surface area contributed by atoms with E-state index in [0.717, 1.165) is 18.5 Å². The molecule has 1 aromatic carbocycles. The molecule has 18 heavy (non-hydrogen) atoms. The molecule has 2 atom stereocenters. The topological polar surface area (TPSA) is 50.4 Å². The highest BCUT2D eigenvalue weighted by molar-refractivity contribution is 5.82. The number of amides is 1. The van der Waals surface area contributed by atoms with Crippen molar-refractivity contribution in [2.75, 3.05) is 19.8 Å². The lowest BCUT2D eigenvalue weighted by atomic mass is 10.0. The smallest absolute Gasteiger partial charge is 0.240 e. The zero-order valence-electron chi connectivity index (χ0n) is 10.7. The van der Waals surface area contributed by atoms with Crippen molar-refractivity contribution in [1.82, 2.24) is 10.6 Å². The van der Waals surface area contributed by atoms with Crippen LogP contribution in [0.1, 0.15) is 24.9 Å². The van der Waals surface area contributed by atoms with Gasteiger partial charge in [-0.3, -0.25) is 4.79 Å². The number of nitrogens with one attached hydrogen (secondary N) is 2. The van der Waals surface area contributed by atoms with Gasteiger partial charge >= 0.3 is 0 Å². The molecule has 0 bridgehead atoms. The molecule has 98 valence electrons. The summed E-state index contributed by atoms with van der Waals surface area (Å²) < 4.78 is 5.30. The Labute approximate surface area is 108 Å². The number of hydrogen-bond donors (Lipinski definition) is 2. The van der Waals surface area contributed by atoms with Crippen molar-refractivity contribution in [1.29, 1.82) is 0 Å². The number of benzene rings is 1. The quantitative estimate of drug-likeness (QED) is 0.843. The highest BCUT2D eigenvalue weighted by Gasteiger charge is 2.23. The lowest BCUT2D eigenvalue weighted by Gasteiger charge is -2.25. The lowest BCUT2D eigenvalue weighted by Crippen LogP contribution is -2.51. The van der Waals surface area contributed by atoms with Gasteiger partial charge in [-0.25, -0.2) is 0 Å². The second-order valence-electron chi connectivity index (χ2n) is 4.46. The Balaban J connectivity index is 1.95. The number of rotatable bonds is 4. The Hall–Kier alpha value is -1.39. The molecule has 0 aliphatic carbocycles. The number of morpholine rings is 1. The van der Waals surface area contributed by atoms with Crippen molar-refractivity contribution < 1.29 is 9.53 Å². The summed E-state index contributed by atoms with van der Waals surface area (Å²) in [7, 11) is 0. The molecule has 4 nitrogen and oxygen atoms in total. The first-order valence-corrected chi connectivity index (χ1v) is 6.47. The fraction of sp³-hybridized carbons (Fsp3) is 0.500. The van der Waals surface area contributed by atoms with Crippen LogP contribution < -0.4 is 10.6 Å². The van der Waals surface area contributed by atoms with Crippen LogP contribution in [0.3, 0.4) is 0 Å². The van der Waals surface area contributed by atoms with Gasteiger partial charge in [0.2, 0.25) is 5.91 Å². The van der Waals surface area contributed by atoms with Gasteiger partial charge in [0.25, 0.3) is 0 Å². The van der Waals surface area contributed by atoms with Crippen LogP contribution >= 0.6 is 0 Å². The van der Waals surface area contributed by atoms with E-state index < -0.39 is 0 Å². The molecule has 2 N–H and O–H groups in total. The third-order valence-electron chi connectivity index (χ3n) is 3.16. The van der Waals surface area contributed by atoms with Crippen LogP contribution in [0.2, 0.25) is 0 Å². The molecule has 4 heteroatoms. The third kappa shape index (κ3) is 3.31. The Morgan fingerprint density at radius 2 is 2.28 bits per heavy atom. The molecule has 0 saturated carbocycles. The van der Waals surface area contributed by atoms with Gasteiger partial charge in [0.05, 0.1) is 19.3 Å². The number of ether oxygens (including phenoxy) is 1. The minimum absolute atomic E-state index is 0.0189. The zero-order chi connectivity index (χ0) is 12.8. The van der Waals surface area contributed by atoms with Crippen LogP contribution in [-0.2, 0) is 9.53 Å². The maximum Gasteiger partial charge on any atom is 0.240 e. The van der Waals surface area contributed by atoms with Crippen molar-refractivity contribution in [3.8, 4) is 0 Å². The molecule has 1 aromatic rings. The van der Waals surface area contributed by atoms with E-state index in [9.17, 15) is 4.79 Å². The van der Waals surface area contributed by atoms with Gasteiger partial charge in [0.1, 0.15) is 6.04 Å². The first kappa shape index (κ1) is 13.1. The fourth-order valence-corrected chi connectivity index (χ4v) is 2.11. The van der Waals surface area contributed by atoms with Crippen LogP contribution in [0, 0.1) is 0 Å². The first-order chi connectivity index (χ1) is 8.81. The van der Waals surface area contributed by atoms with Crippen molar-refractivity contribution >= 4 is 5.91 Å². The van der Waals surface area contributed by atoms with Gasteiger partial charge in [0, 0.05) is 6.54 Å². The van der Waals surface area contributed by atoms with E-state index in [4.69, 9.17) is 4.74 Å². The summed E-state index contributed by atoms with van der Waals surface area (Å²) in [5, 5.41) is 6.23. The molecule has 1 fully saturated rings. The van der Waals surface area contributed by atoms with Crippen LogP contribution in [-0.4, -0.2) is 31.7 Å². The normalized spacial score (nSPS) is 21.3. The second kappa shape index (κ2) is 6.52. The summed E-state index contributed by atoms with van der Waals surface area (Å²) in [5.41, 5.74) is 1.14. The maximum atomic E-state index is 12.1. The molecule has 1 heterocycles. The average Bonchev–Trinajstić information content (AvgIpc) is 2.46. The van der Waals surface area contributed by atoms with E-state index in [-0.39, 0.29) is 18.0 Å². The summed E-state index contributed by atoms with van der Waals surface area (Å²) in [6.45, 7) is 3.94. The molecular formula is C14H20N2O2. The van der Waals surface area contributed by atoms with E-state index in [1.807, 2.05) is 30.3 Å². The fourth-order valence-electron chi connectivity index (χ4n) is 2.11. The molecule has 2 rings (SSSR count). The number of carbonyl (C=O) groups excluding carboxylic acids is 1. The van der Waals surface area contributed by atoms with Gasteiger partial charge in [-0.2, -0.15) is 0 Å². The van der Waals surface area contributed by atoms with Crippen LogP contribution in [0.15, 0.2) is 30.3 Å². The molecule has 0 spiro atoms. The number of hydrogen-bond acceptors (Lipinski definition) is 3. The zero-order valence-corrected chi connectivity index (χ0v) is 10.7. The monoisotopic (exact) mass is 248 g/mol. The molecule has 1 saturated heterocycles. The van der Waals surface area contributed by atoms with Crippen LogP contribution in [0.25, 0.3) is 0 Å². The summed E-state index contributed by atoms with van der Waals surface area (Å²) in [5.74, 6) is 0.0189. The van der Waals surface area contributed by atoms with Gasteiger partial charge in [-0.1, -0.05) is 37.3 Å². The van der Waals surface area contributed by atoms with Crippen LogP contribution in [0.5, 0.6) is 0 Å². The van der Waals surface area contributed by atoms with Crippen molar-refractivity contribution in [2.45, 2.75) is 25.4 Å². The summed E-state index contributed by atoms with van der Waals surface area (Å²) >= 11 is 0. The number of carbonyl (C=O) groups is 1. The van der Waals surface area contributed by atoms with E-state index in [0.29, 0.717) is 13.2 Å². The SMILES string of the molecule is CCC(NC(=O)C1COCCN1)c1ccccc1.